The number of phenols is 1. The molecule has 0 aliphatic heterocycles. The third kappa shape index (κ3) is 1.46. The second-order valence-corrected chi connectivity index (χ2v) is 3.26. The highest BCUT2D eigenvalue weighted by molar-refractivity contribution is 5.87. The van der Waals surface area contributed by atoms with Crippen LogP contribution in [0.2, 0.25) is 0 Å². The van der Waals surface area contributed by atoms with Gasteiger partial charge in [-0.2, -0.15) is 0 Å². The lowest BCUT2D eigenvalue weighted by Crippen LogP contribution is -2.09. The van der Waals surface area contributed by atoms with Crippen molar-refractivity contribution in [3.8, 4) is 5.75 Å². The van der Waals surface area contributed by atoms with Crippen LogP contribution in [0.4, 0.5) is 0 Å². The lowest BCUT2D eigenvalue weighted by molar-refractivity contribution is 0.481. The first kappa shape index (κ1) is 9.09. The Bertz CT molecular complexity index is 434. The van der Waals surface area contributed by atoms with Crippen LogP contribution in [0.3, 0.4) is 0 Å². The number of likely N-dealkylation sites (N-methyl/N-ethyl adjacent to an activating group) is 1. The van der Waals surface area contributed by atoms with E-state index in [1.54, 1.807) is 18.4 Å². The molecule has 14 heavy (non-hydrogen) atoms. The molecule has 0 bridgehead atoms. The average Bonchev–Trinajstić information content (AvgIpc) is 2.59. The van der Waals surface area contributed by atoms with E-state index in [4.69, 9.17) is 4.42 Å². The third-order valence-electron chi connectivity index (χ3n) is 2.30. The van der Waals surface area contributed by atoms with Gasteiger partial charge in [-0.05, 0) is 32.1 Å². The monoisotopic (exact) mass is 191 g/mol. The molecule has 0 atom stereocenters. The van der Waals surface area contributed by atoms with Gasteiger partial charge in [0.2, 0.25) is 0 Å². The Hall–Kier alpha value is -1.48. The van der Waals surface area contributed by atoms with Gasteiger partial charge in [0, 0.05) is 5.56 Å². The SMILES string of the molecule is CNCCc1coc2cccc(O)c12. The van der Waals surface area contributed by atoms with Crippen molar-refractivity contribution in [3.63, 3.8) is 0 Å². The number of hydrogen-bond acceptors (Lipinski definition) is 3. The summed E-state index contributed by atoms with van der Waals surface area (Å²) in [7, 11) is 1.90. The van der Waals surface area contributed by atoms with Crippen LogP contribution in [-0.2, 0) is 6.42 Å². The Morgan fingerprint density at radius 1 is 1.43 bits per heavy atom. The summed E-state index contributed by atoms with van der Waals surface area (Å²) >= 11 is 0. The van der Waals surface area contributed by atoms with Crippen LogP contribution in [0.25, 0.3) is 11.0 Å². The Balaban J connectivity index is 2.45. The number of furan rings is 1. The van der Waals surface area contributed by atoms with Gasteiger partial charge in [0.15, 0.2) is 0 Å². The molecule has 3 heteroatoms. The Morgan fingerprint density at radius 3 is 3.07 bits per heavy atom. The molecule has 0 saturated heterocycles. The molecule has 1 aromatic carbocycles. The molecule has 74 valence electrons. The van der Waals surface area contributed by atoms with Crippen LogP contribution in [0.5, 0.6) is 5.75 Å². The zero-order valence-corrected chi connectivity index (χ0v) is 8.08. The van der Waals surface area contributed by atoms with E-state index in [2.05, 4.69) is 5.32 Å². The number of hydrogen-bond donors (Lipinski definition) is 2. The van der Waals surface area contributed by atoms with Gasteiger partial charge in [-0.3, -0.25) is 0 Å². The lowest BCUT2D eigenvalue weighted by atomic mass is 10.1. The minimum Gasteiger partial charge on any atom is -0.507 e. The van der Waals surface area contributed by atoms with E-state index in [1.807, 2.05) is 13.1 Å². The lowest BCUT2D eigenvalue weighted by Gasteiger charge is -1.98. The van der Waals surface area contributed by atoms with Crippen molar-refractivity contribution in [2.45, 2.75) is 6.42 Å². The summed E-state index contributed by atoms with van der Waals surface area (Å²) in [6.07, 6.45) is 2.57. The summed E-state index contributed by atoms with van der Waals surface area (Å²) in [4.78, 5) is 0. The van der Waals surface area contributed by atoms with E-state index in [9.17, 15) is 5.11 Å². The molecular weight excluding hydrogens is 178 g/mol. The highest BCUT2D eigenvalue weighted by Crippen LogP contribution is 2.29. The van der Waals surface area contributed by atoms with Gasteiger partial charge >= 0.3 is 0 Å². The van der Waals surface area contributed by atoms with Gasteiger partial charge in [0.25, 0.3) is 0 Å². The summed E-state index contributed by atoms with van der Waals surface area (Å²) in [5, 5.41) is 13.6. The molecule has 2 N–H and O–H groups in total. The van der Waals surface area contributed by atoms with E-state index in [0.717, 1.165) is 29.5 Å². The molecule has 0 radical (unpaired) electrons. The molecule has 0 unspecified atom stereocenters. The van der Waals surface area contributed by atoms with Crippen LogP contribution in [0, 0.1) is 0 Å². The first-order valence-electron chi connectivity index (χ1n) is 4.65. The predicted molar refractivity (Wildman–Crippen MR) is 55.5 cm³/mol. The minimum absolute atomic E-state index is 0.294. The number of nitrogens with one attached hydrogen (secondary N) is 1. The van der Waals surface area contributed by atoms with Crippen molar-refractivity contribution in [2.24, 2.45) is 0 Å². The molecule has 0 aliphatic rings. The molecule has 0 spiro atoms. The molecule has 3 nitrogen and oxygen atoms in total. The molecule has 1 heterocycles. The first-order valence-corrected chi connectivity index (χ1v) is 4.65. The van der Waals surface area contributed by atoms with E-state index < -0.39 is 0 Å². The Labute approximate surface area is 82.3 Å². The molecule has 0 fully saturated rings. The van der Waals surface area contributed by atoms with Crippen molar-refractivity contribution in [3.05, 3.63) is 30.0 Å². The topological polar surface area (TPSA) is 45.4 Å². The van der Waals surface area contributed by atoms with Crippen molar-refractivity contribution in [1.82, 2.24) is 5.32 Å². The highest BCUT2D eigenvalue weighted by Gasteiger charge is 2.08. The van der Waals surface area contributed by atoms with E-state index in [-0.39, 0.29) is 0 Å². The maximum Gasteiger partial charge on any atom is 0.137 e. The fraction of sp³-hybridized carbons (Fsp3) is 0.273. The zero-order chi connectivity index (χ0) is 9.97. The molecule has 2 aromatic rings. The largest absolute Gasteiger partial charge is 0.507 e. The normalized spacial score (nSPS) is 10.9. The minimum atomic E-state index is 0.294. The van der Waals surface area contributed by atoms with Crippen LogP contribution in [-0.4, -0.2) is 18.7 Å². The summed E-state index contributed by atoms with van der Waals surface area (Å²) in [6, 6.07) is 5.32. The second kappa shape index (κ2) is 3.72. The number of fused-ring (bicyclic) bond motifs is 1. The van der Waals surface area contributed by atoms with Gasteiger partial charge in [-0.25, -0.2) is 0 Å². The Kier molecular flexibility index (Phi) is 2.41. The van der Waals surface area contributed by atoms with Crippen molar-refractivity contribution >= 4 is 11.0 Å². The molecule has 1 aromatic heterocycles. The maximum atomic E-state index is 9.66. The number of benzene rings is 1. The second-order valence-electron chi connectivity index (χ2n) is 3.26. The smallest absolute Gasteiger partial charge is 0.137 e. The number of aromatic hydroxyl groups is 1. The van der Waals surface area contributed by atoms with Crippen LogP contribution in [0.15, 0.2) is 28.9 Å². The summed E-state index contributed by atoms with van der Waals surface area (Å²) in [6.45, 7) is 0.878. The van der Waals surface area contributed by atoms with E-state index >= 15 is 0 Å². The number of phenolic OH excluding ortho intramolecular Hbond substituents is 1. The van der Waals surface area contributed by atoms with E-state index in [0.29, 0.717) is 5.75 Å². The molecule has 0 amide bonds. The molecular formula is C11H13NO2. The molecule has 0 aliphatic carbocycles. The van der Waals surface area contributed by atoms with Gasteiger partial charge in [0.1, 0.15) is 11.3 Å². The Morgan fingerprint density at radius 2 is 2.29 bits per heavy atom. The third-order valence-corrected chi connectivity index (χ3v) is 2.30. The number of rotatable bonds is 3. The van der Waals surface area contributed by atoms with Crippen LogP contribution in [0.1, 0.15) is 5.56 Å². The predicted octanol–water partition coefficient (Wildman–Crippen LogP) is 1.90. The molecule has 0 saturated carbocycles. The maximum absolute atomic E-state index is 9.66. The summed E-state index contributed by atoms with van der Waals surface area (Å²) < 4.78 is 5.34. The van der Waals surface area contributed by atoms with Crippen molar-refractivity contribution in [1.29, 1.82) is 0 Å². The standard InChI is InChI=1S/C11H13NO2/c1-12-6-5-8-7-14-10-4-2-3-9(13)11(8)10/h2-4,7,12-13H,5-6H2,1H3. The van der Waals surface area contributed by atoms with Gasteiger partial charge in [-0.1, -0.05) is 6.07 Å². The van der Waals surface area contributed by atoms with Crippen LogP contribution < -0.4 is 5.32 Å². The fourth-order valence-corrected chi connectivity index (χ4v) is 1.58. The molecule has 2 rings (SSSR count). The first-order chi connectivity index (χ1) is 6.83. The van der Waals surface area contributed by atoms with Gasteiger partial charge < -0.3 is 14.8 Å². The van der Waals surface area contributed by atoms with E-state index in [1.165, 1.54) is 0 Å². The van der Waals surface area contributed by atoms with Crippen molar-refractivity contribution < 1.29 is 9.52 Å². The van der Waals surface area contributed by atoms with Gasteiger partial charge in [0.05, 0.1) is 11.6 Å². The average molecular weight is 191 g/mol. The van der Waals surface area contributed by atoms with Crippen LogP contribution >= 0.6 is 0 Å². The van der Waals surface area contributed by atoms with Crippen molar-refractivity contribution in [2.75, 3.05) is 13.6 Å². The summed E-state index contributed by atoms with van der Waals surface area (Å²) in [5.41, 5.74) is 1.79. The van der Waals surface area contributed by atoms with Gasteiger partial charge in [-0.15, -0.1) is 0 Å². The fourth-order valence-electron chi connectivity index (χ4n) is 1.58. The quantitative estimate of drug-likeness (QED) is 0.778. The zero-order valence-electron chi connectivity index (χ0n) is 8.08. The highest BCUT2D eigenvalue weighted by atomic mass is 16.3. The summed E-state index contributed by atoms with van der Waals surface area (Å²) in [5.74, 6) is 0.294.